The number of rotatable bonds is 5. The van der Waals surface area contributed by atoms with Crippen molar-refractivity contribution in [3.8, 4) is 17.2 Å². The minimum Gasteiger partial charge on any atom is -0.493 e. The number of nitrogen functional groups attached to an aromatic ring is 1. The summed E-state index contributed by atoms with van der Waals surface area (Å²) in [6.07, 6.45) is 1.65. The number of nitrogens with two attached hydrogens (primary N) is 1. The highest BCUT2D eigenvalue weighted by molar-refractivity contribution is 5.51. The van der Waals surface area contributed by atoms with Crippen molar-refractivity contribution in [1.82, 2.24) is 9.78 Å². The molecule has 0 radical (unpaired) electrons. The van der Waals surface area contributed by atoms with Gasteiger partial charge in [0.1, 0.15) is 12.4 Å². The van der Waals surface area contributed by atoms with E-state index in [1.165, 1.54) is 0 Å². The van der Waals surface area contributed by atoms with Crippen LogP contribution in [-0.2, 0) is 6.61 Å². The molecule has 0 fully saturated rings. The standard InChI is InChI=1S/C17H17N3O2/c1-21-16-11-14(20-17(18)9-10-19-20)7-8-15(16)22-12-13-5-3-2-4-6-13/h2-11H,12,18H2,1H3. The summed E-state index contributed by atoms with van der Waals surface area (Å²) in [4.78, 5) is 0. The summed E-state index contributed by atoms with van der Waals surface area (Å²) in [5.41, 5.74) is 7.79. The molecule has 112 valence electrons. The summed E-state index contributed by atoms with van der Waals surface area (Å²) in [6.45, 7) is 0.487. The van der Waals surface area contributed by atoms with Gasteiger partial charge in [0, 0.05) is 12.1 Å². The Morgan fingerprint density at radius 2 is 1.86 bits per heavy atom. The highest BCUT2D eigenvalue weighted by Gasteiger charge is 2.09. The van der Waals surface area contributed by atoms with Crippen LogP contribution in [0.1, 0.15) is 5.56 Å². The molecule has 0 saturated carbocycles. The molecular formula is C17H17N3O2. The molecule has 22 heavy (non-hydrogen) atoms. The van der Waals surface area contributed by atoms with Gasteiger partial charge in [-0.2, -0.15) is 5.10 Å². The highest BCUT2D eigenvalue weighted by Crippen LogP contribution is 2.30. The Bertz CT molecular complexity index is 754. The lowest BCUT2D eigenvalue weighted by Crippen LogP contribution is -2.03. The third-order valence-corrected chi connectivity index (χ3v) is 3.30. The van der Waals surface area contributed by atoms with Crippen molar-refractivity contribution in [2.24, 2.45) is 0 Å². The molecule has 0 atom stereocenters. The topological polar surface area (TPSA) is 62.3 Å². The first kappa shape index (κ1) is 14.0. The van der Waals surface area contributed by atoms with E-state index >= 15 is 0 Å². The minimum atomic E-state index is 0.487. The first-order valence-corrected chi connectivity index (χ1v) is 6.92. The number of hydrogen-bond acceptors (Lipinski definition) is 4. The van der Waals surface area contributed by atoms with Crippen molar-refractivity contribution in [2.45, 2.75) is 6.61 Å². The maximum absolute atomic E-state index is 5.87. The van der Waals surface area contributed by atoms with Crippen LogP contribution in [0.4, 0.5) is 5.82 Å². The zero-order valence-electron chi connectivity index (χ0n) is 12.3. The van der Waals surface area contributed by atoms with Gasteiger partial charge in [-0.15, -0.1) is 0 Å². The summed E-state index contributed by atoms with van der Waals surface area (Å²) in [7, 11) is 1.61. The highest BCUT2D eigenvalue weighted by atomic mass is 16.5. The number of aromatic nitrogens is 2. The quantitative estimate of drug-likeness (QED) is 0.786. The van der Waals surface area contributed by atoms with Crippen molar-refractivity contribution >= 4 is 5.82 Å². The van der Waals surface area contributed by atoms with E-state index in [2.05, 4.69) is 5.10 Å². The summed E-state index contributed by atoms with van der Waals surface area (Å²) >= 11 is 0. The van der Waals surface area contributed by atoms with E-state index in [1.54, 1.807) is 24.1 Å². The minimum absolute atomic E-state index is 0.487. The summed E-state index contributed by atoms with van der Waals surface area (Å²) in [5.74, 6) is 1.89. The van der Waals surface area contributed by atoms with E-state index in [0.717, 1.165) is 11.3 Å². The number of methoxy groups -OCH3 is 1. The Morgan fingerprint density at radius 3 is 2.55 bits per heavy atom. The Hall–Kier alpha value is -2.95. The first-order valence-electron chi connectivity index (χ1n) is 6.92. The van der Waals surface area contributed by atoms with Gasteiger partial charge in [0.25, 0.3) is 0 Å². The number of ether oxygens (including phenoxy) is 2. The van der Waals surface area contributed by atoms with Crippen molar-refractivity contribution in [3.05, 3.63) is 66.4 Å². The summed E-state index contributed by atoms with van der Waals surface area (Å²) in [5, 5.41) is 4.18. The molecule has 0 amide bonds. The number of nitrogens with zero attached hydrogens (tertiary/aromatic N) is 2. The summed E-state index contributed by atoms with van der Waals surface area (Å²) < 4.78 is 12.9. The fourth-order valence-electron chi connectivity index (χ4n) is 2.17. The third-order valence-electron chi connectivity index (χ3n) is 3.30. The van der Waals surface area contributed by atoms with E-state index in [0.29, 0.717) is 23.9 Å². The van der Waals surface area contributed by atoms with E-state index < -0.39 is 0 Å². The second kappa shape index (κ2) is 6.22. The molecule has 0 aliphatic carbocycles. The molecule has 0 aliphatic heterocycles. The predicted molar refractivity (Wildman–Crippen MR) is 85.3 cm³/mol. The third kappa shape index (κ3) is 2.88. The Kier molecular flexibility index (Phi) is 3.96. The van der Waals surface area contributed by atoms with Crippen LogP contribution in [0.15, 0.2) is 60.8 Å². The normalized spacial score (nSPS) is 10.4. The Morgan fingerprint density at radius 1 is 1.05 bits per heavy atom. The SMILES string of the molecule is COc1cc(-n2nccc2N)ccc1OCc1ccccc1. The van der Waals surface area contributed by atoms with Crippen LogP contribution >= 0.6 is 0 Å². The lowest BCUT2D eigenvalue weighted by molar-refractivity contribution is 0.284. The van der Waals surface area contributed by atoms with Crippen molar-refractivity contribution < 1.29 is 9.47 Å². The van der Waals surface area contributed by atoms with Crippen LogP contribution in [0.3, 0.4) is 0 Å². The molecule has 3 aromatic rings. The molecule has 1 heterocycles. The molecule has 0 aliphatic rings. The molecule has 0 unspecified atom stereocenters. The van der Waals surface area contributed by atoms with Gasteiger partial charge in [-0.25, -0.2) is 4.68 Å². The van der Waals surface area contributed by atoms with Gasteiger partial charge in [-0.1, -0.05) is 30.3 Å². The lowest BCUT2D eigenvalue weighted by atomic mass is 10.2. The van der Waals surface area contributed by atoms with Gasteiger partial charge >= 0.3 is 0 Å². The maximum Gasteiger partial charge on any atom is 0.162 e. The first-order chi connectivity index (χ1) is 10.8. The van der Waals surface area contributed by atoms with Crippen LogP contribution < -0.4 is 15.2 Å². The van der Waals surface area contributed by atoms with Gasteiger partial charge in [-0.3, -0.25) is 0 Å². The van der Waals surface area contributed by atoms with Crippen molar-refractivity contribution in [1.29, 1.82) is 0 Å². The van der Waals surface area contributed by atoms with Crippen LogP contribution in [0.2, 0.25) is 0 Å². The van der Waals surface area contributed by atoms with Gasteiger partial charge in [0.05, 0.1) is 19.0 Å². The second-order valence-electron chi connectivity index (χ2n) is 4.78. The average Bonchev–Trinajstić information content (AvgIpc) is 3.00. The molecule has 0 spiro atoms. The fourth-order valence-corrected chi connectivity index (χ4v) is 2.17. The Labute approximate surface area is 128 Å². The molecule has 0 bridgehead atoms. The van der Waals surface area contributed by atoms with Crippen LogP contribution in [-0.4, -0.2) is 16.9 Å². The molecule has 0 saturated heterocycles. The molecule has 2 aromatic carbocycles. The zero-order valence-corrected chi connectivity index (χ0v) is 12.3. The van der Waals surface area contributed by atoms with Gasteiger partial charge < -0.3 is 15.2 Å². The van der Waals surface area contributed by atoms with E-state index in [1.807, 2.05) is 48.5 Å². The molecular weight excluding hydrogens is 278 g/mol. The second-order valence-corrected chi connectivity index (χ2v) is 4.78. The van der Waals surface area contributed by atoms with E-state index in [4.69, 9.17) is 15.2 Å². The number of hydrogen-bond donors (Lipinski definition) is 1. The largest absolute Gasteiger partial charge is 0.493 e. The van der Waals surface area contributed by atoms with Crippen LogP contribution in [0.5, 0.6) is 11.5 Å². The van der Waals surface area contributed by atoms with Gasteiger partial charge in [-0.05, 0) is 17.7 Å². The van der Waals surface area contributed by atoms with Crippen LogP contribution in [0.25, 0.3) is 5.69 Å². The van der Waals surface area contributed by atoms with Gasteiger partial charge in [0.15, 0.2) is 11.5 Å². The lowest BCUT2D eigenvalue weighted by Gasteiger charge is -2.13. The van der Waals surface area contributed by atoms with Crippen molar-refractivity contribution in [3.63, 3.8) is 0 Å². The van der Waals surface area contributed by atoms with Crippen LogP contribution in [0, 0.1) is 0 Å². The van der Waals surface area contributed by atoms with E-state index in [9.17, 15) is 0 Å². The monoisotopic (exact) mass is 295 g/mol. The number of anilines is 1. The Balaban J connectivity index is 1.82. The average molecular weight is 295 g/mol. The fraction of sp³-hybridized carbons (Fsp3) is 0.118. The molecule has 5 nitrogen and oxygen atoms in total. The number of benzene rings is 2. The smallest absolute Gasteiger partial charge is 0.162 e. The zero-order chi connectivity index (χ0) is 15.4. The van der Waals surface area contributed by atoms with Gasteiger partial charge in [0.2, 0.25) is 0 Å². The van der Waals surface area contributed by atoms with Crippen molar-refractivity contribution in [2.75, 3.05) is 12.8 Å². The molecule has 2 N–H and O–H groups in total. The van der Waals surface area contributed by atoms with E-state index in [-0.39, 0.29) is 0 Å². The molecule has 3 rings (SSSR count). The molecule has 1 aromatic heterocycles. The summed E-state index contributed by atoms with van der Waals surface area (Å²) in [6, 6.07) is 17.3. The predicted octanol–water partition coefficient (Wildman–Crippen LogP) is 3.04. The maximum atomic E-state index is 5.87. The molecule has 5 heteroatoms.